The van der Waals surface area contributed by atoms with E-state index in [1.165, 1.54) is 13.1 Å². The fraction of sp³-hybridized carbons (Fsp3) is 0.273. The van der Waals surface area contributed by atoms with E-state index in [0.29, 0.717) is 16.6 Å². The maximum absolute atomic E-state index is 14.2. The summed E-state index contributed by atoms with van der Waals surface area (Å²) >= 11 is 0. The number of Topliss-reactive ketones (excluding diaryl/α,β-unsaturated/α-hetero) is 1. The number of ketones is 1. The van der Waals surface area contributed by atoms with Crippen LogP contribution in [0.5, 0.6) is 0 Å². The summed E-state index contributed by atoms with van der Waals surface area (Å²) in [6.45, 7) is 12.2. The molecule has 4 nitrogen and oxygen atoms in total. The van der Waals surface area contributed by atoms with Crippen molar-refractivity contribution in [1.82, 2.24) is 4.57 Å². The van der Waals surface area contributed by atoms with E-state index < -0.39 is 5.60 Å². The molecule has 138 valence electrons. The first-order chi connectivity index (χ1) is 12.7. The fourth-order valence-corrected chi connectivity index (χ4v) is 3.25. The minimum Gasteiger partial charge on any atom is -0.380 e. The molecule has 0 aliphatic heterocycles. The zero-order valence-electron chi connectivity index (χ0n) is 15.6. The molecule has 0 aliphatic carbocycles. The molecule has 1 heterocycles. The van der Waals surface area contributed by atoms with Crippen molar-refractivity contribution in [3.05, 3.63) is 76.5 Å². The van der Waals surface area contributed by atoms with Gasteiger partial charge >= 0.3 is 0 Å². The number of fused-ring (bicyclic) bond motifs is 1. The van der Waals surface area contributed by atoms with E-state index in [1.54, 1.807) is 34.9 Å². The lowest BCUT2D eigenvalue weighted by molar-refractivity contribution is -0.136. The molecular weight excluding hydrogens is 343 g/mol. The van der Waals surface area contributed by atoms with Crippen molar-refractivity contribution in [3.8, 4) is 0 Å². The number of nitrogens with zero attached hydrogens (tertiary/aromatic N) is 2. The highest BCUT2D eigenvalue weighted by molar-refractivity contribution is 5.89. The third-order valence-electron chi connectivity index (χ3n) is 4.81. The van der Waals surface area contributed by atoms with Gasteiger partial charge in [0.15, 0.2) is 11.5 Å². The Hall–Kier alpha value is -2.97. The van der Waals surface area contributed by atoms with Crippen molar-refractivity contribution in [3.63, 3.8) is 0 Å². The second-order valence-electron chi connectivity index (χ2n) is 7.23. The summed E-state index contributed by atoms with van der Waals surface area (Å²) < 4.78 is 15.8. The van der Waals surface area contributed by atoms with Gasteiger partial charge in [-0.05, 0) is 44.0 Å². The first kappa shape index (κ1) is 18.8. The minimum atomic E-state index is -1.64. The van der Waals surface area contributed by atoms with Gasteiger partial charge in [0.1, 0.15) is 11.4 Å². The van der Waals surface area contributed by atoms with E-state index in [0.717, 1.165) is 16.7 Å². The summed E-state index contributed by atoms with van der Waals surface area (Å²) in [6.07, 6.45) is 1.37. The summed E-state index contributed by atoms with van der Waals surface area (Å²) in [5.74, 6) is -0.728. The number of halogens is 1. The second kappa shape index (κ2) is 6.98. The van der Waals surface area contributed by atoms with Crippen LogP contribution in [-0.4, -0.2) is 21.1 Å². The number of aliphatic hydroxyl groups is 1. The summed E-state index contributed by atoms with van der Waals surface area (Å²) in [7, 11) is 0. The molecule has 1 aromatic heterocycles. The van der Waals surface area contributed by atoms with Crippen molar-refractivity contribution in [2.24, 2.45) is 0 Å². The average Bonchev–Trinajstić information content (AvgIpc) is 2.89. The monoisotopic (exact) mass is 364 g/mol. The lowest BCUT2D eigenvalue weighted by Crippen LogP contribution is -2.40. The van der Waals surface area contributed by atoms with Crippen molar-refractivity contribution in [2.75, 3.05) is 0 Å². The molecule has 3 rings (SSSR count). The fourth-order valence-electron chi connectivity index (χ4n) is 3.25. The first-order valence-corrected chi connectivity index (χ1v) is 8.69. The Balaban J connectivity index is 1.83. The number of hydrogen-bond donors (Lipinski definition) is 1. The van der Waals surface area contributed by atoms with Gasteiger partial charge in [-0.2, -0.15) is 0 Å². The third kappa shape index (κ3) is 3.76. The van der Waals surface area contributed by atoms with Crippen LogP contribution in [0, 0.1) is 26.2 Å². The molecular formula is C22H21FN2O2. The molecule has 0 amide bonds. The zero-order valence-corrected chi connectivity index (χ0v) is 15.6. The summed E-state index contributed by atoms with van der Waals surface area (Å²) in [6, 6.07) is 10.6. The van der Waals surface area contributed by atoms with Crippen molar-refractivity contribution in [2.45, 2.75) is 39.3 Å². The highest BCUT2D eigenvalue weighted by Gasteiger charge is 2.31. The average molecular weight is 364 g/mol. The molecule has 2 aromatic carbocycles. The van der Waals surface area contributed by atoms with Crippen LogP contribution in [0.4, 0.5) is 10.1 Å². The zero-order chi connectivity index (χ0) is 19.8. The van der Waals surface area contributed by atoms with Gasteiger partial charge in [0.25, 0.3) is 0 Å². The lowest BCUT2D eigenvalue weighted by Gasteiger charge is -2.23. The predicted octanol–water partition coefficient (Wildman–Crippen LogP) is 4.51. The Labute approximate surface area is 157 Å². The van der Waals surface area contributed by atoms with Gasteiger partial charge in [-0.1, -0.05) is 29.8 Å². The van der Waals surface area contributed by atoms with E-state index in [-0.39, 0.29) is 24.6 Å². The van der Waals surface area contributed by atoms with Crippen LogP contribution in [0.3, 0.4) is 0 Å². The molecule has 0 bridgehead atoms. The minimum absolute atomic E-state index is 0.0333. The number of rotatable bonds is 5. The van der Waals surface area contributed by atoms with E-state index in [2.05, 4.69) is 4.85 Å². The Kier molecular flexibility index (Phi) is 4.86. The quantitative estimate of drug-likeness (QED) is 0.677. The number of hydrogen-bond acceptors (Lipinski definition) is 2. The standard InChI is InChI=1S/C22H21FN2O2/c1-14-5-8-20-17(9-14)18(23)12-25(20)13-22(3,27)21(26)11-16-6-7-19(24-4)15(2)10-16/h5-10,12,27H,11,13H2,1-3H3/t22-/m0/s1. The van der Waals surface area contributed by atoms with Gasteiger partial charge in [0.05, 0.1) is 18.6 Å². The van der Waals surface area contributed by atoms with E-state index in [4.69, 9.17) is 6.57 Å². The maximum Gasteiger partial charge on any atom is 0.190 e. The van der Waals surface area contributed by atoms with Gasteiger partial charge in [-0.15, -0.1) is 0 Å². The van der Waals surface area contributed by atoms with Crippen LogP contribution in [0.15, 0.2) is 42.6 Å². The Morgan fingerprint density at radius 1 is 1.26 bits per heavy atom. The molecule has 3 aromatic rings. The molecule has 0 saturated carbocycles. The molecule has 0 aliphatic rings. The van der Waals surface area contributed by atoms with Crippen molar-refractivity contribution < 1.29 is 14.3 Å². The van der Waals surface area contributed by atoms with Gasteiger partial charge in [-0.25, -0.2) is 9.24 Å². The highest BCUT2D eigenvalue weighted by atomic mass is 19.1. The molecule has 0 unspecified atom stereocenters. The van der Waals surface area contributed by atoms with Gasteiger partial charge in [-0.3, -0.25) is 4.79 Å². The number of benzene rings is 2. The predicted molar refractivity (Wildman–Crippen MR) is 103 cm³/mol. The topological polar surface area (TPSA) is 46.6 Å². The Morgan fingerprint density at radius 3 is 2.67 bits per heavy atom. The van der Waals surface area contributed by atoms with E-state index in [9.17, 15) is 14.3 Å². The van der Waals surface area contributed by atoms with Crippen LogP contribution < -0.4 is 0 Å². The third-order valence-corrected chi connectivity index (χ3v) is 4.81. The van der Waals surface area contributed by atoms with Gasteiger partial charge < -0.3 is 9.67 Å². The van der Waals surface area contributed by atoms with E-state index >= 15 is 0 Å². The molecule has 5 heteroatoms. The molecule has 27 heavy (non-hydrogen) atoms. The smallest absolute Gasteiger partial charge is 0.190 e. The molecule has 0 radical (unpaired) electrons. The van der Waals surface area contributed by atoms with Crippen LogP contribution in [0.1, 0.15) is 23.6 Å². The molecule has 0 saturated heterocycles. The maximum atomic E-state index is 14.2. The van der Waals surface area contributed by atoms with Crippen molar-refractivity contribution >= 4 is 22.4 Å². The van der Waals surface area contributed by atoms with E-state index in [1.807, 2.05) is 19.9 Å². The number of aryl methyl sites for hydroxylation is 2. The largest absolute Gasteiger partial charge is 0.380 e. The summed E-state index contributed by atoms with van der Waals surface area (Å²) in [4.78, 5) is 16.1. The summed E-state index contributed by atoms with van der Waals surface area (Å²) in [5, 5.41) is 11.2. The lowest BCUT2D eigenvalue weighted by atomic mass is 9.94. The van der Waals surface area contributed by atoms with Gasteiger partial charge in [0, 0.05) is 18.0 Å². The molecule has 1 atom stereocenters. The normalized spacial score (nSPS) is 13.3. The van der Waals surface area contributed by atoms with Crippen LogP contribution in [0.25, 0.3) is 15.7 Å². The Bertz CT molecular complexity index is 1070. The number of aromatic nitrogens is 1. The number of carbonyl (C=O) groups excluding carboxylic acids is 1. The second-order valence-corrected chi connectivity index (χ2v) is 7.23. The van der Waals surface area contributed by atoms with Gasteiger partial charge in [0.2, 0.25) is 0 Å². The van der Waals surface area contributed by atoms with Crippen LogP contribution in [-0.2, 0) is 17.8 Å². The first-order valence-electron chi connectivity index (χ1n) is 8.69. The van der Waals surface area contributed by atoms with Crippen molar-refractivity contribution in [1.29, 1.82) is 0 Å². The molecule has 0 fully saturated rings. The molecule has 0 spiro atoms. The van der Waals surface area contributed by atoms with Crippen LogP contribution in [0.2, 0.25) is 0 Å². The number of carbonyl (C=O) groups is 1. The Morgan fingerprint density at radius 2 is 2.00 bits per heavy atom. The summed E-state index contributed by atoms with van der Waals surface area (Å²) in [5.41, 5.74) is 2.02. The highest BCUT2D eigenvalue weighted by Crippen LogP contribution is 2.25. The SMILES string of the molecule is [C-]#[N+]c1ccc(CC(=O)[C@@](C)(O)Cn2cc(F)c3cc(C)ccc32)cc1C. The van der Waals surface area contributed by atoms with Crippen LogP contribution >= 0.6 is 0 Å². The molecule has 1 N–H and O–H groups in total.